The molecule has 0 aliphatic heterocycles. The van der Waals surface area contributed by atoms with Crippen LogP contribution in [0.15, 0.2) is 48.5 Å². The highest BCUT2D eigenvalue weighted by molar-refractivity contribution is 6.31. The highest BCUT2D eigenvalue weighted by Gasteiger charge is 2.06. The first-order valence-corrected chi connectivity index (χ1v) is 6.97. The molecule has 0 aromatic heterocycles. The fourth-order valence-electron chi connectivity index (χ4n) is 1.82. The van der Waals surface area contributed by atoms with E-state index in [4.69, 9.17) is 26.8 Å². The molecule has 0 saturated heterocycles. The molecule has 2 aromatic carbocycles. The lowest BCUT2D eigenvalue weighted by Gasteiger charge is -2.12. The summed E-state index contributed by atoms with van der Waals surface area (Å²) in [4.78, 5) is 0. The Kier molecular flexibility index (Phi) is 5.71. The van der Waals surface area contributed by atoms with E-state index in [1.807, 2.05) is 48.5 Å². The summed E-state index contributed by atoms with van der Waals surface area (Å²) in [6.45, 7) is 1.55. The summed E-state index contributed by atoms with van der Waals surface area (Å²) in [5, 5.41) is 0.644. The van der Waals surface area contributed by atoms with E-state index in [1.165, 1.54) is 0 Å². The third-order valence-electron chi connectivity index (χ3n) is 2.84. The monoisotopic (exact) mass is 291 g/mol. The van der Waals surface area contributed by atoms with Crippen LogP contribution in [0, 0.1) is 0 Å². The fourth-order valence-corrected chi connectivity index (χ4v) is 2.06. The van der Waals surface area contributed by atoms with Gasteiger partial charge in [0, 0.05) is 23.6 Å². The second kappa shape index (κ2) is 7.78. The van der Waals surface area contributed by atoms with Crippen molar-refractivity contribution in [3.8, 4) is 11.5 Å². The van der Waals surface area contributed by atoms with Gasteiger partial charge < -0.3 is 15.2 Å². The summed E-state index contributed by atoms with van der Waals surface area (Å²) < 4.78 is 11.3. The van der Waals surface area contributed by atoms with E-state index < -0.39 is 0 Å². The summed E-state index contributed by atoms with van der Waals surface area (Å²) in [5.41, 5.74) is 6.51. The lowest BCUT2D eigenvalue weighted by atomic mass is 10.2. The van der Waals surface area contributed by atoms with Crippen LogP contribution < -0.4 is 15.2 Å². The Morgan fingerprint density at radius 2 is 1.65 bits per heavy atom. The molecule has 0 bridgehead atoms. The van der Waals surface area contributed by atoms with Gasteiger partial charge in [-0.25, -0.2) is 0 Å². The Bertz CT molecular complexity index is 531. The number of rotatable bonds is 7. The molecular weight excluding hydrogens is 274 g/mol. The zero-order valence-electron chi connectivity index (χ0n) is 11.2. The number of halogens is 1. The SMILES string of the molecule is NCc1c(Cl)cccc1OCCCOc1ccccc1. The van der Waals surface area contributed by atoms with Crippen LogP contribution in [0.5, 0.6) is 11.5 Å². The highest BCUT2D eigenvalue weighted by Crippen LogP contribution is 2.25. The van der Waals surface area contributed by atoms with Gasteiger partial charge in [-0.05, 0) is 24.3 Å². The van der Waals surface area contributed by atoms with Gasteiger partial charge in [-0.1, -0.05) is 35.9 Å². The van der Waals surface area contributed by atoms with Crippen LogP contribution in [0.1, 0.15) is 12.0 Å². The van der Waals surface area contributed by atoms with Gasteiger partial charge in [0.15, 0.2) is 0 Å². The molecule has 0 saturated carbocycles. The molecule has 106 valence electrons. The molecule has 0 heterocycles. The minimum Gasteiger partial charge on any atom is -0.493 e. The number of nitrogens with two attached hydrogens (primary N) is 1. The Morgan fingerprint density at radius 1 is 0.900 bits per heavy atom. The van der Waals surface area contributed by atoms with Crippen LogP contribution in [0.25, 0.3) is 0 Å². The third kappa shape index (κ3) is 4.15. The Morgan fingerprint density at radius 3 is 2.40 bits per heavy atom. The van der Waals surface area contributed by atoms with Crippen molar-refractivity contribution in [2.24, 2.45) is 5.73 Å². The number of benzene rings is 2. The second-order valence-corrected chi connectivity index (χ2v) is 4.69. The fraction of sp³-hybridized carbons (Fsp3) is 0.250. The largest absolute Gasteiger partial charge is 0.493 e. The zero-order chi connectivity index (χ0) is 14.2. The molecule has 3 nitrogen and oxygen atoms in total. The number of hydrogen-bond acceptors (Lipinski definition) is 3. The van der Waals surface area contributed by atoms with Gasteiger partial charge in [0.2, 0.25) is 0 Å². The molecule has 2 aromatic rings. The average molecular weight is 292 g/mol. The maximum atomic E-state index is 6.06. The summed E-state index contributed by atoms with van der Waals surface area (Å²) in [6, 6.07) is 15.3. The normalized spacial score (nSPS) is 10.3. The molecule has 20 heavy (non-hydrogen) atoms. The van der Waals surface area contributed by atoms with Crippen molar-refractivity contribution in [1.82, 2.24) is 0 Å². The molecule has 2 rings (SSSR count). The van der Waals surface area contributed by atoms with Crippen molar-refractivity contribution in [1.29, 1.82) is 0 Å². The predicted molar refractivity (Wildman–Crippen MR) is 81.4 cm³/mol. The first-order valence-electron chi connectivity index (χ1n) is 6.59. The standard InChI is InChI=1S/C16H18ClNO2/c17-15-8-4-9-16(14(15)12-18)20-11-5-10-19-13-6-2-1-3-7-13/h1-4,6-9H,5,10-12,18H2. The molecule has 2 N–H and O–H groups in total. The van der Waals surface area contributed by atoms with Crippen molar-refractivity contribution in [2.45, 2.75) is 13.0 Å². The molecule has 0 spiro atoms. The summed E-state index contributed by atoms with van der Waals surface area (Å²) in [7, 11) is 0. The van der Waals surface area contributed by atoms with Gasteiger partial charge in [0.05, 0.1) is 13.2 Å². The zero-order valence-corrected chi connectivity index (χ0v) is 12.0. The van der Waals surface area contributed by atoms with Crippen LogP contribution in [0.3, 0.4) is 0 Å². The summed E-state index contributed by atoms with van der Waals surface area (Å²) in [6.07, 6.45) is 0.797. The van der Waals surface area contributed by atoms with E-state index in [-0.39, 0.29) is 0 Å². The predicted octanol–water partition coefficient (Wildman–Crippen LogP) is 3.65. The van der Waals surface area contributed by atoms with Crippen LogP contribution in [0.2, 0.25) is 5.02 Å². The molecule has 0 radical (unpaired) electrons. The molecule has 0 aliphatic carbocycles. The van der Waals surface area contributed by atoms with Gasteiger partial charge in [-0.3, -0.25) is 0 Å². The van der Waals surface area contributed by atoms with E-state index in [1.54, 1.807) is 0 Å². The van der Waals surface area contributed by atoms with Crippen LogP contribution >= 0.6 is 11.6 Å². The molecule has 0 amide bonds. The molecule has 0 fully saturated rings. The number of para-hydroxylation sites is 1. The lowest BCUT2D eigenvalue weighted by Crippen LogP contribution is -2.07. The maximum absolute atomic E-state index is 6.06. The molecule has 0 unspecified atom stereocenters. The van der Waals surface area contributed by atoms with Crippen molar-refractivity contribution >= 4 is 11.6 Å². The van der Waals surface area contributed by atoms with Crippen molar-refractivity contribution in [3.05, 3.63) is 59.1 Å². The van der Waals surface area contributed by atoms with Gasteiger partial charge in [0.1, 0.15) is 11.5 Å². The second-order valence-electron chi connectivity index (χ2n) is 4.28. The van der Waals surface area contributed by atoms with Gasteiger partial charge in [-0.15, -0.1) is 0 Å². The first-order chi connectivity index (χ1) is 9.81. The Balaban J connectivity index is 1.75. The quantitative estimate of drug-likeness (QED) is 0.792. The molecular formula is C16H18ClNO2. The first kappa shape index (κ1) is 14.7. The maximum Gasteiger partial charge on any atom is 0.125 e. The number of ether oxygens (including phenoxy) is 2. The minimum atomic E-state index is 0.371. The average Bonchev–Trinajstić information content (AvgIpc) is 2.48. The summed E-state index contributed by atoms with van der Waals surface area (Å²) >= 11 is 6.06. The summed E-state index contributed by atoms with van der Waals surface area (Å²) in [5.74, 6) is 1.62. The van der Waals surface area contributed by atoms with Gasteiger partial charge >= 0.3 is 0 Å². The van der Waals surface area contributed by atoms with Crippen LogP contribution in [-0.2, 0) is 6.54 Å². The van der Waals surface area contributed by atoms with Gasteiger partial charge in [0.25, 0.3) is 0 Å². The molecule has 0 atom stereocenters. The molecule has 0 aliphatic rings. The van der Waals surface area contributed by atoms with Crippen molar-refractivity contribution in [2.75, 3.05) is 13.2 Å². The van der Waals surface area contributed by atoms with E-state index in [0.717, 1.165) is 23.5 Å². The third-order valence-corrected chi connectivity index (χ3v) is 3.19. The van der Waals surface area contributed by atoms with E-state index in [2.05, 4.69) is 0 Å². The van der Waals surface area contributed by atoms with E-state index >= 15 is 0 Å². The minimum absolute atomic E-state index is 0.371. The Labute approximate surface area is 124 Å². The smallest absolute Gasteiger partial charge is 0.125 e. The van der Waals surface area contributed by atoms with Crippen LogP contribution in [0.4, 0.5) is 0 Å². The lowest BCUT2D eigenvalue weighted by molar-refractivity contribution is 0.246. The number of hydrogen-bond donors (Lipinski definition) is 1. The highest BCUT2D eigenvalue weighted by atomic mass is 35.5. The Hall–Kier alpha value is -1.71. The van der Waals surface area contributed by atoms with Crippen molar-refractivity contribution < 1.29 is 9.47 Å². The van der Waals surface area contributed by atoms with Gasteiger partial charge in [-0.2, -0.15) is 0 Å². The van der Waals surface area contributed by atoms with E-state index in [9.17, 15) is 0 Å². The van der Waals surface area contributed by atoms with Crippen LogP contribution in [-0.4, -0.2) is 13.2 Å². The van der Waals surface area contributed by atoms with Crippen molar-refractivity contribution in [3.63, 3.8) is 0 Å². The van der Waals surface area contributed by atoms with E-state index in [0.29, 0.717) is 24.8 Å². The molecule has 4 heteroatoms. The topological polar surface area (TPSA) is 44.5 Å².